The fraction of sp³-hybridized carbons (Fsp3) is 0.500. The van der Waals surface area contributed by atoms with Gasteiger partial charge >= 0.3 is 0 Å². The molecule has 168 valence electrons. The van der Waals surface area contributed by atoms with Crippen molar-refractivity contribution in [3.63, 3.8) is 0 Å². The predicted molar refractivity (Wildman–Crippen MR) is 122 cm³/mol. The topological polar surface area (TPSA) is 87.5 Å². The minimum Gasteiger partial charge on any atom is -0.356 e. The first kappa shape index (κ1) is 20.7. The highest BCUT2D eigenvalue weighted by Gasteiger charge is 2.36. The number of hydrogen-bond acceptors (Lipinski definition) is 5. The van der Waals surface area contributed by atoms with Gasteiger partial charge < -0.3 is 19.7 Å². The van der Waals surface area contributed by atoms with Crippen molar-refractivity contribution in [2.45, 2.75) is 45.2 Å². The number of rotatable bonds is 4. The van der Waals surface area contributed by atoms with Crippen molar-refractivity contribution in [2.24, 2.45) is 11.8 Å². The molecule has 0 radical (unpaired) electrons. The van der Waals surface area contributed by atoms with Crippen molar-refractivity contribution >= 4 is 23.3 Å². The summed E-state index contributed by atoms with van der Waals surface area (Å²) in [6, 6.07) is 9.47. The van der Waals surface area contributed by atoms with Crippen LogP contribution in [-0.2, 0) is 16.1 Å². The fourth-order valence-electron chi connectivity index (χ4n) is 5.38. The van der Waals surface area contributed by atoms with E-state index in [-0.39, 0.29) is 35.8 Å². The Bertz CT molecular complexity index is 1090. The molecule has 5 rings (SSSR count). The predicted octanol–water partition coefficient (Wildman–Crippen LogP) is 2.06. The number of likely N-dealkylation sites (tertiary alicyclic amines) is 1. The van der Waals surface area contributed by atoms with E-state index in [9.17, 15) is 14.4 Å². The van der Waals surface area contributed by atoms with Crippen molar-refractivity contribution < 1.29 is 9.59 Å². The van der Waals surface area contributed by atoms with Crippen LogP contribution >= 0.6 is 0 Å². The van der Waals surface area contributed by atoms with Crippen LogP contribution in [0.1, 0.15) is 38.3 Å². The quantitative estimate of drug-likeness (QED) is 0.794. The average Bonchev–Trinajstić information content (AvgIpc) is 3.17. The van der Waals surface area contributed by atoms with E-state index in [0.29, 0.717) is 24.1 Å². The number of carbonyl (C=O) groups is 2. The highest BCUT2D eigenvalue weighted by Crippen LogP contribution is 2.36. The maximum Gasteiger partial charge on any atom is 0.250 e. The third-order valence-electron chi connectivity index (χ3n) is 6.97. The summed E-state index contributed by atoms with van der Waals surface area (Å²) in [4.78, 5) is 45.6. The maximum absolute atomic E-state index is 12.6. The van der Waals surface area contributed by atoms with Gasteiger partial charge in [-0.15, -0.1) is 0 Å². The Labute approximate surface area is 187 Å². The minimum atomic E-state index is -0.325. The lowest BCUT2D eigenvalue weighted by molar-refractivity contribution is -0.129. The van der Waals surface area contributed by atoms with E-state index < -0.39 is 0 Å². The summed E-state index contributed by atoms with van der Waals surface area (Å²) in [5, 5.41) is 2.92. The average molecular weight is 436 g/mol. The lowest BCUT2D eigenvalue weighted by Gasteiger charge is -2.43. The van der Waals surface area contributed by atoms with Crippen LogP contribution in [0.15, 0.2) is 41.3 Å². The van der Waals surface area contributed by atoms with Gasteiger partial charge in [-0.1, -0.05) is 6.07 Å². The third kappa shape index (κ3) is 3.78. The van der Waals surface area contributed by atoms with E-state index in [2.05, 4.69) is 21.3 Å². The molecule has 8 nitrogen and oxygen atoms in total. The zero-order valence-corrected chi connectivity index (χ0v) is 18.5. The van der Waals surface area contributed by atoms with Crippen molar-refractivity contribution in [2.75, 3.05) is 29.9 Å². The van der Waals surface area contributed by atoms with E-state index in [4.69, 9.17) is 0 Å². The van der Waals surface area contributed by atoms with Crippen LogP contribution in [0.25, 0.3) is 0 Å². The van der Waals surface area contributed by atoms with E-state index in [1.54, 1.807) is 17.2 Å². The number of anilines is 2. The molecule has 2 fully saturated rings. The number of nitrogens with zero attached hydrogens (tertiary/aromatic N) is 4. The summed E-state index contributed by atoms with van der Waals surface area (Å²) >= 11 is 0. The van der Waals surface area contributed by atoms with Crippen molar-refractivity contribution in [1.82, 2.24) is 14.5 Å². The molecule has 2 saturated heterocycles. The molecule has 5 heterocycles. The normalized spacial score (nSPS) is 24.6. The van der Waals surface area contributed by atoms with E-state index in [0.717, 1.165) is 37.6 Å². The smallest absolute Gasteiger partial charge is 0.250 e. The number of amides is 2. The molecule has 8 heteroatoms. The lowest BCUT2D eigenvalue weighted by Crippen LogP contribution is -2.47. The number of aromatic nitrogens is 2. The Kier molecular flexibility index (Phi) is 5.23. The molecule has 3 atom stereocenters. The maximum atomic E-state index is 12.6. The van der Waals surface area contributed by atoms with Crippen LogP contribution in [0.3, 0.4) is 0 Å². The van der Waals surface area contributed by atoms with E-state index in [1.165, 1.54) is 0 Å². The Hall–Kier alpha value is -3.16. The molecule has 0 aliphatic carbocycles. The van der Waals surface area contributed by atoms with Gasteiger partial charge in [-0.25, -0.2) is 4.98 Å². The summed E-state index contributed by atoms with van der Waals surface area (Å²) in [6.07, 6.45) is 3.05. The monoisotopic (exact) mass is 435 g/mol. The zero-order valence-electron chi connectivity index (χ0n) is 18.5. The number of nitrogens with one attached hydrogen (secondary N) is 1. The van der Waals surface area contributed by atoms with E-state index in [1.807, 2.05) is 36.6 Å². The largest absolute Gasteiger partial charge is 0.356 e. The van der Waals surface area contributed by atoms with Crippen molar-refractivity contribution in [3.8, 4) is 0 Å². The van der Waals surface area contributed by atoms with Gasteiger partial charge in [0.2, 0.25) is 11.8 Å². The van der Waals surface area contributed by atoms with Crippen LogP contribution < -0.4 is 15.8 Å². The molecule has 0 unspecified atom stereocenters. The van der Waals surface area contributed by atoms with E-state index >= 15 is 0 Å². The third-order valence-corrected chi connectivity index (χ3v) is 6.97. The number of pyridine rings is 2. The number of fused-ring (bicyclic) bond motifs is 4. The van der Waals surface area contributed by atoms with Crippen molar-refractivity contribution in [3.05, 3.63) is 52.6 Å². The van der Waals surface area contributed by atoms with Gasteiger partial charge in [-0.05, 0) is 44.4 Å². The second-order valence-corrected chi connectivity index (χ2v) is 9.54. The Balaban J connectivity index is 1.24. The second kappa shape index (κ2) is 8.07. The molecule has 0 saturated carbocycles. The van der Waals surface area contributed by atoms with Crippen molar-refractivity contribution in [1.29, 1.82) is 0 Å². The molecule has 2 bridgehead atoms. The summed E-state index contributed by atoms with van der Waals surface area (Å²) in [6.45, 7) is 6.84. The molecule has 2 aromatic rings. The second-order valence-electron chi connectivity index (χ2n) is 9.54. The van der Waals surface area contributed by atoms with Gasteiger partial charge in [0.05, 0.1) is 17.8 Å². The molecule has 3 aliphatic heterocycles. The number of hydrogen-bond donors (Lipinski definition) is 1. The molecule has 0 aromatic carbocycles. The number of carbonyl (C=O) groups excluding carboxylic acids is 2. The van der Waals surface area contributed by atoms with Gasteiger partial charge in [0.15, 0.2) is 0 Å². The first-order valence-electron chi connectivity index (χ1n) is 11.4. The summed E-state index contributed by atoms with van der Waals surface area (Å²) in [5.74, 6) is 1.20. The van der Waals surface area contributed by atoms with Crippen LogP contribution in [0.2, 0.25) is 0 Å². The summed E-state index contributed by atoms with van der Waals surface area (Å²) < 4.78 is 1.93. The molecule has 0 spiro atoms. The summed E-state index contributed by atoms with van der Waals surface area (Å²) in [7, 11) is 0. The first-order valence-corrected chi connectivity index (χ1v) is 11.4. The highest BCUT2D eigenvalue weighted by atomic mass is 16.2. The van der Waals surface area contributed by atoms with Gasteiger partial charge in [-0.2, -0.15) is 0 Å². The van der Waals surface area contributed by atoms with Crippen LogP contribution in [0, 0.1) is 11.8 Å². The molecular formula is C24H29N5O3. The highest BCUT2D eigenvalue weighted by molar-refractivity contribution is 5.97. The van der Waals surface area contributed by atoms with Crippen LogP contribution in [0.4, 0.5) is 11.5 Å². The molecule has 1 N–H and O–H groups in total. The van der Waals surface area contributed by atoms with Crippen LogP contribution in [-0.4, -0.2) is 51.9 Å². The fourth-order valence-corrected chi connectivity index (χ4v) is 5.38. The Morgan fingerprint density at radius 2 is 1.94 bits per heavy atom. The lowest BCUT2D eigenvalue weighted by atomic mass is 9.83. The Morgan fingerprint density at radius 1 is 1.09 bits per heavy atom. The SMILES string of the molecule is CC(C)N1C[C@H](C(=O)Nc2ccc(N3C[C@H]4C[C@@H](C3)c3cccc(=O)n3C4)nc2)CC1=O. The molecule has 3 aliphatic rings. The van der Waals surface area contributed by atoms with Gasteiger partial charge in [0, 0.05) is 56.3 Å². The standard InChI is InChI=1S/C24H29N5O3/c1-15(2)28-14-18(9-23(28)31)24(32)26-19-6-7-21(25-10-19)27-11-16-8-17(13-27)20-4-3-5-22(30)29(20)12-16/h3-7,10,15-18H,8-9,11-14H2,1-2H3,(H,26,32)/t16-,17+,18-/m1/s1. The van der Waals surface area contributed by atoms with Gasteiger partial charge in [0.1, 0.15) is 5.82 Å². The molecule has 2 aromatic heterocycles. The van der Waals surface area contributed by atoms with Crippen LogP contribution in [0.5, 0.6) is 0 Å². The molecule has 32 heavy (non-hydrogen) atoms. The van der Waals surface area contributed by atoms with Gasteiger partial charge in [0.25, 0.3) is 5.56 Å². The molecular weight excluding hydrogens is 406 g/mol. The zero-order chi connectivity index (χ0) is 22.4. The number of piperidine rings is 1. The summed E-state index contributed by atoms with van der Waals surface area (Å²) in [5.41, 5.74) is 1.84. The minimum absolute atomic E-state index is 0.0353. The Morgan fingerprint density at radius 3 is 2.66 bits per heavy atom. The van der Waals surface area contributed by atoms with Gasteiger partial charge in [-0.3, -0.25) is 14.4 Å². The first-order chi connectivity index (χ1) is 15.4. The molecule has 2 amide bonds.